The van der Waals surface area contributed by atoms with Crippen LogP contribution < -0.4 is 5.32 Å². The van der Waals surface area contributed by atoms with Crippen molar-refractivity contribution < 1.29 is 0 Å². The summed E-state index contributed by atoms with van der Waals surface area (Å²) in [7, 11) is 0. The summed E-state index contributed by atoms with van der Waals surface area (Å²) in [5.74, 6) is 0. The Morgan fingerprint density at radius 1 is 1.59 bits per heavy atom. The van der Waals surface area contributed by atoms with Gasteiger partial charge in [-0.15, -0.1) is 11.3 Å². The molecule has 17 heavy (non-hydrogen) atoms. The van der Waals surface area contributed by atoms with Gasteiger partial charge in [0.15, 0.2) is 0 Å². The Kier molecular flexibility index (Phi) is 3.18. The number of nitrogens with one attached hydrogen (secondary N) is 1. The predicted octanol–water partition coefficient (Wildman–Crippen LogP) is 2.88. The summed E-state index contributed by atoms with van der Waals surface area (Å²) >= 11 is 7.76. The summed E-state index contributed by atoms with van der Waals surface area (Å²) in [5.41, 5.74) is 1.41. The Hall–Kier alpha value is -0.840. The van der Waals surface area contributed by atoms with Crippen molar-refractivity contribution in [2.75, 3.05) is 6.54 Å². The minimum atomic E-state index is 0.484. The first-order valence-electron chi connectivity index (χ1n) is 5.80. The molecule has 1 aliphatic carbocycles. The number of aromatic nitrogens is 2. The second-order valence-corrected chi connectivity index (χ2v) is 6.04. The number of halogens is 1. The minimum Gasteiger partial charge on any atom is -0.336 e. The molecule has 0 amide bonds. The Bertz CT molecular complexity index is 492. The molecule has 2 heterocycles. The molecule has 3 rings (SSSR count). The van der Waals surface area contributed by atoms with E-state index in [1.165, 1.54) is 16.9 Å². The van der Waals surface area contributed by atoms with Crippen molar-refractivity contribution in [3.8, 4) is 0 Å². The van der Waals surface area contributed by atoms with Crippen LogP contribution in [0.25, 0.3) is 0 Å². The van der Waals surface area contributed by atoms with E-state index < -0.39 is 0 Å². The van der Waals surface area contributed by atoms with Crippen LogP contribution in [0, 0.1) is 0 Å². The smallest absolute Gasteiger partial charge is 0.0946 e. The number of imidazole rings is 1. The number of hydrogen-bond donors (Lipinski definition) is 1. The zero-order valence-corrected chi connectivity index (χ0v) is 11.0. The van der Waals surface area contributed by atoms with Gasteiger partial charge in [0, 0.05) is 36.4 Å². The van der Waals surface area contributed by atoms with Gasteiger partial charge in [-0.2, -0.15) is 0 Å². The molecule has 1 aliphatic rings. The maximum absolute atomic E-state index is 6.04. The Morgan fingerprint density at radius 2 is 2.53 bits per heavy atom. The lowest BCUT2D eigenvalue weighted by Gasteiger charge is -2.12. The molecule has 2 aromatic rings. The summed E-state index contributed by atoms with van der Waals surface area (Å²) in [6.07, 6.45) is 8.01. The molecular formula is C12H14ClN3S. The van der Waals surface area contributed by atoms with Crippen molar-refractivity contribution >= 4 is 22.9 Å². The van der Waals surface area contributed by atoms with E-state index in [4.69, 9.17) is 11.6 Å². The van der Waals surface area contributed by atoms with E-state index in [-0.39, 0.29) is 0 Å². The summed E-state index contributed by atoms with van der Waals surface area (Å²) < 4.78 is 3.00. The average Bonchev–Trinajstić information content (AvgIpc) is 2.97. The molecule has 0 spiro atoms. The first-order valence-corrected chi connectivity index (χ1v) is 6.99. The summed E-state index contributed by atoms with van der Waals surface area (Å²) in [4.78, 5) is 5.49. The van der Waals surface area contributed by atoms with Gasteiger partial charge in [-0.05, 0) is 24.5 Å². The Morgan fingerprint density at radius 3 is 3.35 bits per heavy atom. The van der Waals surface area contributed by atoms with Crippen LogP contribution in [0.2, 0.25) is 4.34 Å². The van der Waals surface area contributed by atoms with E-state index in [1.54, 1.807) is 11.3 Å². The van der Waals surface area contributed by atoms with Crippen molar-refractivity contribution in [2.45, 2.75) is 25.4 Å². The second kappa shape index (κ2) is 4.80. The molecule has 1 atom stereocenters. The van der Waals surface area contributed by atoms with Crippen molar-refractivity contribution in [2.24, 2.45) is 0 Å². The van der Waals surface area contributed by atoms with Crippen molar-refractivity contribution in [1.29, 1.82) is 0 Å². The molecular weight excluding hydrogens is 254 g/mol. The van der Waals surface area contributed by atoms with Crippen LogP contribution in [-0.2, 0) is 13.0 Å². The quantitative estimate of drug-likeness (QED) is 0.923. The number of rotatable bonds is 4. The van der Waals surface area contributed by atoms with Crippen LogP contribution >= 0.6 is 22.9 Å². The number of nitrogens with zero attached hydrogens (tertiary/aromatic N) is 2. The fourth-order valence-electron chi connectivity index (χ4n) is 2.33. The first kappa shape index (κ1) is 11.3. The maximum atomic E-state index is 6.04. The molecule has 0 saturated heterocycles. The zero-order valence-electron chi connectivity index (χ0n) is 9.40. The van der Waals surface area contributed by atoms with Gasteiger partial charge >= 0.3 is 0 Å². The van der Waals surface area contributed by atoms with Crippen LogP contribution in [0.4, 0.5) is 0 Å². The van der Waals surface area contributed by atoms with Gasteiger partial charge in [0.1, 0.15) is 0 Å². The Labute approximate surface area is 109 Å². The molecule has 0 radical (unpaired) electrons. The standard InChI is InChI=1S/C12H14ClN3S/c13-12-7-9-10(1-2-11(9)17-12)15-4-6-16-5-3-14-8-16/h3,5,7-8,10,15H,1-2,4,6H2. The SMILES string of the molecule is Clc1cc2c(s1)CCC2NCCn1ccnc1. The van der Waals surface area contributed by atoms with Crippen molar-refractivity contribution in [3.63, 3.8) is 0 Å². The van der Waals surface area contributed by atoms with E-state index in [1.807, 2.05) is 18.7 Å². The molecule has 0 saturated carbocycles. The number of hydrogen-bond acceptors (Lipinski definition) is 3. The molecule has 1 N–H and O–H groups in total. The van der Waals surface area contributed by atoms with Gasteiger partial charge in [0.25, 0.3) is 0 Å². The molecule has 0 fully saturated rings. The summed E-state index contributed by atoms with van der Waals surface area (Å²) in [6, 6.07) is 2.60. The van der Waals surface area contributed by atoms with Crippen LogP contribution in [0.1, 0.15) is 22.9 Å². The van der Waals surface area contributed by atoms with Crippen LogP contribution in [0.15, 0.2) is 24.8 Å². The molecule has 0 aromatic carbocycles. The van der Waals surface area contributed by atoms with E-state index in [2.05, 4.69) is 20.9 Å². The minimum absolute atomic E-state index is 0.484. The van der Waals surface area contributed by atoms with Crippen LogP contribution in [0.5, 0.6) is 0 Å². The van der Waals surface area contributed by atoms with Crippen LogP contribution in [-0.4, -0.2) is 16.1 Å². The molecule has 90 valence electrons. The lowest BCUT2D eigenvalue weighted by atomic mass is 10.2. The van der Waals surface area contributed by atoms with E-state index in [9.17, 15) is 0 Å². The average molecular weight is 268 g/mol. The summed E-state index contributed by atoms with van der Waals surface area (Å²) in [6.45, 7) is 1.93. The van der Waals surface area contributed by atoms with Gasteiger partial charge in [-0.3, -0.25) is 0 Å². The maximum Gasteiger partial charge on any atom is 0.0946 e. The highest BCUT2D eigenvalue weighted by molar-refractivity contribution is 7.16. The topological polar surface area (TPSA) is 29.9 Å². The molecule has 0 bridgehead atoms. The van der Waals surface area contributed by atoms with Crippen molar-refractivity contribution in [3.05, 3.63) is 39.6 Å². The fourth-order valence-corrected chi connectivity index (χ4v) is 3.69. The normalized spacial score (nSPS) is 18.5. The van der Waals surface area contributed by atoms with Gasteiger partial charge in [0.2, 0.25) is 0 Å². The van der Waals surface area contributed by atoms with Gasteiger partial charge < -0.3 is 9.88 Å². The van der Waals surface area contributed by atoms with Crippen molar-refractivity contribution in [1.82, 2.24) is 14.9 Å². The number of fused-ring (bicyclic) bond motifs is 1. The lowest BCUT2D eigenvalue weighted by Crippen LogP contribution is -2.23. The Balaban J connectivity index is 1.56. The molecule has 5 heteroatoms. The molecule has 1 unspecified atom stereocenters. The number of thiophene rings is 1. The van der Waals surface area contributed by atoms with Gasteiger partial charge in [0.05, 0.1) is 10.7 Å². The molecule has 3 nitrogen and oxygen atoms in total. The predicted molar refractivity (Wildman–Crippen MR) is 70.6 cm³/mol. The van der Waals surface area contributed by atoms with E-state index >= 15 is 0 Å². The third-order valence-corrected chi connectivity index (χ3v) is 4.51. The highest BCUT2D eigenvalue weighted by Crippen LogP contribution is 2.39. The highest BCUT2D eigenvalue weighted by atomic mass is 35.5. The highest BCUT2D eigenvalue weighted by Gasteiger charge is 2.24. The monoisotopic (exact) mass is 267 g/mol. The van der Waals surface area contributed by atoms with Crippen LogP contribution in [0.3, 0.4) is 0 Å². The first-order chi connectivity index (χ1) is 8.33. The van der Waals surface area contributed by atoms with Gasteiger partial charge in [-0.25, -0.2) is 4.98 Å². The lowest BCUT2D eigenvalue weighted by molar-refractivity contribution is 0.501. The third-order valence-electron chi connectivity index (χ3n) is 3.17. The van der Waals surface area contributed by atoms with E-state index in [0.717, 1.165) is 23.8 Å². The fraction of sp³-hybridized carbons (Fsp3) is 0.417. The molecule has 0 aliphatic heterocycles. The number of aryl methyl sites for hydroxylation is 1. The second-order valence-electron chi connectivity index (χ2n) is 4.27. The van der Waals surface area contributed by atoms with E-state index in [0.29, 0.717) is 6.04 Å². The summed E-state index contributed by atoms with van der Waals surface area (Å²) in [5, 5.41) is 3.59. The van der Waals surface area contributed by atoms with Gasteiger partial charge in [-0.1, -0.05) is 11.6 Å². The molecule has 2 aromatic heterocycles. The zero-order chi connectivity index (χ0) is 11.7. The largest absolute Gasteiger partial charge is 0.336 e. The third kappa shape index (κ3) is 2.39.